The molecule has 2 aromatic rings. The highest BCUT2D eigenvalue weighted by Gasteiger charge is 2.20. The zero-order valence-corrected chi connectivity index (χ0v) is 14.6. The maximum Gasteiger partial charge on any atom is 0.246 e. The van der Waals surface area contributed by atoms with Gasteiger partial charge in [-0.25, -0.2) is 0 Å². The van der Waals surface area contributed by atoms with Crippen LogP contribution in [0.3, 0.4) is 0 Å². The van der Waals surface area contributed by atoms with Crippen molar-refractivity contribution in [1.29, 1.82) is 0 Å². The van der Waals surface area contributed by atoms with Gasteiger partial charge in [0.1, 0.15) is 5.75 Å². The quantitative estimate of drug-likeness (QED) is 0.652. The molecule has 1 aliphatic heterocycles. The molecule has 6 nitrogen and oxygen atoms in total. The van der Waals surface area contributed by atoms with Gasteiger partial charge in [0, 0.05) is 44.0 Å². The summed E-state index contributed by atoms with van der Waals surface area (Å²) in [5, 5.41) is 18.8. The molecule has 1 amide bonds. The van der Waals surface area contributed by atoms with Crippen molar-refractivity contribution < 1.29 is 19.7 Å². The number of nitrogens with zero attached hydrogens (tertiary/aromatic N) is 2. The first kappa shape index (κ1) is 17.7. The predicted octanol–water partition coefficient (Wildman–Crippen LogP) is 2.47. The molecule has 1 aliphatic rings. The number of phenols is 2. The molecule has 6 heteroatoms. The Morgan fingerprint density at radius 1 is 1.04 bits per heavy atom. The van der Waals surface area contributed by atoms with Gasteiger partial charge in [-0.2, -0.15) is 0 Å². The van der Waals surface area contributed by atoms with Crippen LogP contribution in [0.2, 0.25) is 0 Å². The van der Waals surface area contributed by atoms with Crippen molar-refractivity contribution in [3.63, 3.8) is 0 Å². The fraction of sp³-hybridized carbons (Fsp3) is 0.250. The van der Waals surface area contributed by atoms with Gasteiger partial charge in [0.05, 0.1) is 7.11 Å². The standard InChI is InChI=1S/C20H22N2O4/c1-26-17-4-2-3-16(14-17)21-9-11-22(12-10-21)20(25)8-6-15-5-7-18(23)19(24)13-15/h2-8,13-14,23-24H,9-12H2,1H3/b8-6+. The van der Waals surface area contributed by atoms with Crippen molar-refractivity contribution >= 4 is 17.7 Å². The Kier molecular flexibility index (Phi) is 5.31. The highest BCUT2D eigenvalue weighted by Crippen LogP contribution is 2.25. The highest BCUT2D eigenvalue weighted by atomic mass is 16.5. The summed E-state index contributed by atoms with van der Waals surface area (Å²) in [6.07, 6.45) is 3.13. The number of hydrogen-bond acceptors (Lipinski definition) is 5. The molecule has 1 saturated heterocycles. The SMILES string of the molecule is COc1cccc(N2CCN(C(=O)/C=C/c3ccc(O)c(O)c3)CC2)c1. The minimum Gasteiger partial charge on any atom is -0.504 e. The number of amides is 1. The number of carbonyl (C=O) groups is 1. The van der Waals surface area contributed by atoms with Gasteiger partial charge in [-0.1, -0.05) is 12.1 Å². The molecule has 0 atom stereocenters. The molecule has 0 unspecified atom stereocenters. The number of phenolic OH excluding ortho intramolecular Hbond substituents is 2. The largest absolute Gasteiger partial charge is 0.504 e. The molecule has 2 N–H and O–H groups in total. The van der Waals surface area contributed by atoms with Crippen LogP contribution < -0.4 is 9.64 Å². The fourth-order valence-electron chi connectivity index (χ4n) is 2.91. The Morgan fingerprint density at radius 3 is 2.50 bits per heavy atom. The summed E-state index contributed by atoms with van der Waals surface area (Å²) in [5.74, 6) is 0.373. The van der Waals surface area contributed by atoms with E-state index < -0.39 is 0 Å². The topological polar surface area (TPSA) is 73.2 Å². The van der Waals surface area contributed by atoms with Gasteiger partial charge >= 0.3 is 0 Å². The third-order valence-corrected chi connectivity index (χ3v) is 4.43. The number of anilines is 1. The summed E-state index contributed by atoms with van der Waals surface area (Å²) in [7, 11) is 1.65. The van der Waals surface area contributed by atoms with Crippen molar-refractivity contribution in [3.8, 4) is 17.2 Å². The lowest BCUT2D eigenvalue weighted by molar-refractivity contribution is -0.126. The van der Waals surface area contributed by atoms with Crippen LogP contribution in [0.4, 0.5) is 5.69 Å². The average molecular weight is 354 g/mol. The molecule has 136 valence electrons. The summed E-state index contributed by atoms with van der Waals surface area (Å²) in [6.45, 7) is 2.79. The smallest absolute Gasteiger partial charge is 0.246 e. The third-order valence-electron chi connectivity index (χ3n) is 4.43. The van der Waals surface area contributed by atoms with Gasteiger partial charge in [0.25, 0.3) is 0 Å². The fourth-order valence-corrected chi connectivity index (χ4v) is 2.91. The lowest BCUT2D eigenvalue weighted by Crippen LogP contribution is -2.48. The summed E-state index contributed by atoms with van der Waals surface area (Å²) in [5.41, 5.74) is 1.75. The number of carbonyl (C=O) groups excluding carboxylic acids is 1. The lowest BCUT2D eigenvalue weighted by Gasteiger charge is -2.35. The van der Waals surface area contributed by atoms with Crippen LogP contribution in [0.15, 0.2) is 48.5 Å². The number of benzene rings is 2. The Balaban J connectivity index is 1.57. The summed E-state index contributed by atoms with van der Waals surface area (Å²) in [4.78, 5) is 16.4. The molecule has 3 rings (SSSR count). The lowest BCUT2D eigenvalue weighted by atomic mass is 10.2. The van der Waals surface area contributed by atoms with E-state index in [0.717, 1.165) is 24.5 Å². The Labute approximate surface area is 152 Å². The van der Waals surface area contributed by atoms with Crippen LogP contribution in [-0.4, -0.2) is 54.3 Å². The van der Waals surface area contributed by atoms with Gasteiger partial charge in [0.2, 0.25) is 5.91 Å². The van der Waals surface area contributed by atoms with E-state index in [0.29, 0.717) is 18.7 Å². The van der Waals surface area contributed by atoms with E-state index in [1.54, 1.807) is 24.2 Å². The molecule has 0 spiro atoms. The number of methoxy groups -OCH3 is 1. The second kappa shape index (κ2) is 7.82. The van der Waals surface area contributed by atoms with Crippen LogP contribution in [0.25, 0.3) is 6.08 Å². The maximum atomic E-state index is 12.4. The van der Waals surface area contributed by atoms with Crippen molar-refractivity contribution in [2.75, 3.05) is 38.2 Å². The average Bonchev–Trinajstić information content (AvgIpc) is 2.69. The van der Waals surface area contributed by atoms with E-state index in [-0.39, 0.29) is 17.4 Å². The first-order valence-electron chi connectivity index (χ1n) is 8.45. The van der Waals surface area contributed by atoms with Gasteiger partial charge < -0.3 is 24.7 Å². The van der Waals surface area contributed by atoms with E-state index in [4.69, 9.17) is 4.74 Å². The zero-order chi connectivity index (χ0) is 18.5. The maximum absolute atomic E-state index is 12.4. The molecule has 2 aromatic carbocycles. The number of aromatic hydroxyl groups is 2. The van der Waals surface area contributed by atoms with Crippen molar-refractivity contribution in [3.05, 3.63) is 54.1 Å². The minimum absolute atomic E-state index is 0.0668. The van der Waals surface area contributed by atoms with Crippen LogP contribution in [0, 0.1) is 0 Å². The van der Waals surface area contributed by atoms with Crippen molar-refractivity contribution in [2.45, 2.75) is 0 Å². The second-order valence-corrected chi connectivity index (χ2v) is 6.10. The van der Waals surface area contributed by atoms with Crippen LogP contribution >= 0.6 is 0 Å². The molecule has 0 bridgehead atoms. The molecule has 26 heavy (non-hydrogen) atoms. The number of hydrogen-bond donors (Lipinski definition) is 2. The van der Waals surface area contributed by atoms with Crippen LogP contribution in [0.1, 0.15) is 5.56 Å². The number of piperazine rings is 1. The van der Waals surface area contributed by atoms with E-state index >= 15 is 0 Å². The number of rotatable bonds is 4. The zero-order valence-electron chi connectivity index (χ0n) is 14.6. The molecule has 0 radical (unpaired) electrons. The Morgan fingerprint density at radius 2 is 1.81 bits per heavy atom. The predicted molar refractivity (Wildman–Crippen MR) is 101 cm³/mol. The highest BCUT2D eigenvalue weighted by molar-refractivity contribution is 5.92. The van der Waals surface area contributed by atoms with E-state index in [1.165, 1.54) is 18.2 Å². The van der Waals surface area contributed by atoms with Gasteiger partial charge in [-0.05, 0) is 35.9 Å². The van der Waals surface area contributed by atoms with E-state index in [9.17, 15) is 15.0 Å². The molecular formula is C20H22N2O4. The third kappa shape index (κ3) is 4.08. The Bertz CT molecular complexity index is 811. The van der Waals surface area contributed by atoms with E-state index in [2.05, 4.69) is 4.90 Å². The van der Waals surface area contributed by atoms with Crippen molar-refractivity contribution in [1.82, 2.24) is 4.90 Å². The number of ether oxygens (including phenoxy) is 1. The van der Waals surface area contributed by atoms with Gasteiger partial charge in [-0.3, -0.25) is 4.79 Å². The molecular weight excluding hydrogens is 332 g/mol. The molecule has 0 aliphatic carbocycles. The monoisotopic (exact) mass is 354 g/mol. The van der Waals surface area contributed by atoms with E-state index in [1.807, 2.05) is 24.3 Å². The van der Waals surface area contributed by atoms with Gasteiger partial charge in [0.15, 0.2) is 11.5 Å². The first-order chi connectivity index (χ1) is 12.6. The molecule has 1 heterocycles. The normalized spacial score (nSPS) is 14.7. The molecule has 0 saturated carbocycles. The van der Waals surface area contributed by atoms with Crippen LogP contribution in [-0.2, 0) is 4.79 Å². The molecule has 1 fully saturated rings. The summed E-state index contributed by atoms with van der Waals surface area (Å²) < 4.78 is 5.26. The summed E-state index contributed by atoms with van der Waals surface area (Å²) in [6, 6.07) is 12.4. The second-order valence-electron chi connectivity index (χ2n) is 6.10. The van der Waals surface area contributed by atoms with Crippen molar-refractivity contribution in [2.24, 2.45) is 0 Å². The minimum atomic E-state index is -0.202. The van der Waals surface area contributed by atoms with Gasteiger partial charge in [-0.15, -0.1) is 0 Å². The summed E-state index contributed by atoms with van der Waals surface area (Å²) >= 11 is 0. The molecule has 0 aromatic heterocycles. The van der Waals surface area contributed by atoms with Crippen LogP contribution in [0.5, 0.6) is 17.2 Å². The first-order valence-corrected chi connectivity index (χ1v) is 8.45. The Hall–Kier alpha value is -3.15.